The van der Waals surface area contributed by atoms with E-state index in [4.69, 9.17) is 0 Å². The Bertz CT molecular complexity index is 165. The molecule has 0 aromatic rings. The van der Waals surface area contributed by atoms with Crippen LogP contribution in [0.4, 0.5) is 0 Å². The summed E-state index contributed by atoms with van der Waals surface area (Å²) in [4.78, 5) is 13.5. The van der Waals surface area contributed by atoms with Crippen LogP contribution >= 0.6 is 0 Å². The lowest BCUT2D eigenvalue weighted by molar-refractivity contribution is -0.133. The molecule has 1 aliphatic heterocycles. The van der Waals surface area contributed by atoms with Gasteiger partial charge in [0, 0.05) is 19.0 Å². The minimum atomic E-state index is 0.167. The van der Waals surface area contributed by atoms with E-state index in [-0.39, 0.29) is 5.92 Å². The predicted octanol–water partition coefficient (Wildman–Crippen LogP) is 1.90. The molecule has 70 valence electrons. The summed E-state index contributed by atoms with van der Waals surface area (Å²) in [6, 6.07) is 0. The quantitative estimate of drug-likeness (QED) is 0.618. The lowest BCUT2D eigenvalue weighted by Gasteiger charge is -2.18. The second kappa shape index (κ2) is 3.92. The molecule has 12 heavy (non-hydrogen) atoms. The predicted molar refractivity (Wildman–Crippen MR) is 49.8 cm³/mol. The maximum absolute atomic E-state index is 11.5. The number of amides is 1. The van der Waals surface area contributed by atoms with Crippen LogP contribution in [0.3, 0.4) is 0 Å². The van der Waals surface area contributed by atoms with E-state index < -0.39 is 0 Å². The Labute approximate surface area is 74.9 Å². The van der Waals surface area contributed by atoms with Crippen molar-refractivity contribution in [1.29, 1.82) is 0 Å². The first-order valence-corrected chi connectivity index (χ1v) is 4.94. The molecule has 0 spiro atoms. The fourth-order valence-electron chi connectivity index (χ4n) is 1.73. The zero-order chi connectivity index (χ0) is 9.14. The Morgan fingerprint density at radius 1 is 1.58 bits per heavy atom. The Morgan fingerprint density at radius 3 is 2.67 bits per heavy atom. The van der Waals surface area contributed by atoms with Gasteiger partial charge in [-0.05, 0) is 12.3 Å². The summed E-state index contributed by atoms with van der Waals surface area (Å²) < 4.78 is 0. The van der Waals surface area contributed by atoms with Gasteiger partial charge in [0.1, 0.15) is 0 Å². The number of carbonyl (C=O) groups is 1. The molecule has 1 heterocycles. The van der Waals surface area contributed by atoms with Gasteiger partial charge < -0.3 is 4.90 Å². The standard InChI is InChI=1S/C10H19NO/c1-4-9-5-6-11(7-9)10(12)8(2)3/h8-9H,4-7H2,1-3H3/t9-/m0/s1. The van der Waals surface area contributed by atoms with E-state index in [9.17, 15) is 4.79 Å². The van der Waals surface area contributed by atoms with Gasteiger partial charge in [-0.25, -0.2) is 0 Å². The van der Waals surface area contributed by atoms with E-state index in [0.717, 1.165) is 19.0 Å². The highest BCUT2D eigenvalue weighted by Gasteiger charge is 2.25. The van der Waals surface area contributed by atoms with Gasteiger partial charge in [0.15, 0.2) is 0 Å². The Hall–Kier alpha value is -0.530. The molecule has 1 saturated heterocycles. The summed E-state index contributed by atoms with van der Waals surface area (Å²) in [6.45, 7) is 8.13. The molecular weight excluding hydrogens is 150 g/mol. The van der Waals surface area contributed by atoms with E-state index >= 15 is 0 Å². The molecule has 0 saturated carbocycles. The van der Waals surface area contributed by atoms with E-state index in [1.165, 1.54) is 12.8 Å². The molecule has 2 nitrogen and oxygen atoms in total. The van der Waals surface area contributed by atoms with Gasteiger partial charge in [0.25, 0.3) is 0 Å². The van der Waals surface area contributed by atoms with E-state index in [1.807, 2.05) is 18.7 Å². The topological polar surface area (TPSA) is 20.3 Å². The van der Waals surface area contributed by atoms with E-state index in [1.54, 1.807) is 0 Å². The first kappa shape index (κ1) is 9.56. The molecule has 0 aliphatic carbocycles. The molecule has 0 unspecified atom stereocenters. The number of likely N-dealkylation sites (tertiary alicyclic amines) is 1. The van der Waals surface area contributed by atoms with Crippen molar-refractivity contribution in [3.05, 3.63) is 0 Å². The van der Waals surface area contributed by atoms with Crippen molar-refractivity contribution >= 4 is 5.91 Å². The highest BCUT2D eigenvalue weighted by atomic mass is 16.2. The van der Waals surface area contributed by atoms with Crippen LogP contribution < -0.4 is 0 Å². The normalized spacial score (nSPS) is 23.7. The van der Waals surface area contributed by atoms with Crippen LogP contribution in [0.5, 0.6) is 0 Å². The molecular formula is C10H19NO. The fourth-order valence-corrected chi connectivity index (χ4v) is 1.73. The van der Waals surface area contributed by atoms with Crippen LogP contribution in [-0.4, -0.2) is 23.9 Å². The number of nitrogens with zero attached hydrogens (tertiary/aromatic N) is 1. The third-order valence-corrected chi connectivity index (χ3v) is 2.67. The molecule has 1 rings (SSSR count). The average molecular weight is 169 g/mol. The second-order valence-corrected chi connectivity index (χ2v) is 4.00. The summed E-state index contributed by atoms with van der Waals surface area (Å²) >= 11 is 0. The van der Waals surface area contributed by atoms with Crippen molar-refractivity contribution in [2.24, 2.45) is 11.8 Å². The zero-order valence-corrected chi connectivity index (χ0v) is 8.34. The first-order chi connectivity index (χ1) is 5.65. The second-order valence-electron chi connectivity index (χ2n) is 4.00. The largest absolute Gasteiger partial charge is 0.342 e. The third kappa shape index (κ3) is 1.99. The molecule has 0 N–H and O–H groups in total. The average Bonchev–Trinajstić information content (AvgIpc) is 2.50. The molecule has 1 amide bonds. The van der Waals surface area contributed by atoms with Crippen LogP contribution in [0.2, 0.25) is 0 Å². The van der Waals surface area contributed by atoms with Gasteiger partial charge in [0.2, 0.25) is 5.91 Å². The fraction of sp³-hybridized carbons (Fsp3) is 0.900. The zero-order valence-electron chi connectivity index (χ0n) is 8.34. The minimum Gasteiger partial charge on any atom is -0.342 e. The molecule has 0 radical (unpaired) electrons. The lowest BCUT2D eigenvalue weighted by atomic mass is 10.1. The molecule has 0 aromatic carbocycles. The monoisotopic (exact) mass is 169 g/mol. The van der Waals surface area contributed by atoms with Crippen molar-refractivity contribution in [2.75, 3.05) is 13.1 Å². The maximum atomic E-state index is 11.5. The molecule has 1 aliphatic rings. The third-order valence-electron chi connectivity index (χ3n) is 2.67. The highest BCUT2D eigenvalue weighted by Crippen LogP contribution is 2.20. The molecule has 0 bridgehead atoms. The number of hydrogen-bond donors (Lipinski definition) is 0. The van der Waals surface area contributed by atoms with Gasteiger partial charge in [-0.3, -0.25) is 4.79 Å². The summed E-state index contributed by atoms with van der Waals surface area (Å²) in [5.74, 6) is 1.25. The van der Waals surface area contributed by atoms with Crippen molar-refractivity contribution in [2.45, 2.75) is 33.6 Å². The number of rotatable bonds is 2. The minimum absolute atomic E-state index is 0.167. The highest BCUT2D eigenvalue weighted by molar-refractivity contribution is 5.78. The van der Waals surface area contributed by atoms with E-state index in [2.05, 4.69) is 6.92 Å². The lowest BCUT2D eigenvalue weighted by Crippen LogP contribution is -2.32. The van der Waals surface area contributed by atoms with Gasteiger partial charge in [-0.1, -0.05) is 27.2 Å². The van der Waals surface area contributed by atoms with Crippen LogP contribution in [0.25, 0.3) is 0 Å². The van der Waals surface area contributed by atoms with Crippen molar-refractivity contribution < 1.29 is 4.79 Å². The summed E-state index contributed by atoms with van der Waals surface area (Å²) in [6.07, 6.45) is 2.41. The molecule has 1 atom stereocenters. The summed E-state index contributed by atoms with van der Waals surface area (Å²) in [5, 5.41) is 0. The van der Waals surface area contributed by atoms with Gasteiger partial charge >= 0.3 is 0 Å². The molecule has 0 aromatic heterocycles. The van der Waals surface area contributed by atoms with Crippen molar-refractivity contribution in [3.63, 3.8) is 0 Å². The Balaban J connectivity index is 2.41. The van der Waals surface area contributed by atoms with Crippen molar-refractivity contribution in [3.8, 4) is 0 Å². The first-order valence-electron chi connectivity index (χ1n) is 4.94. The molecule has 2 heteroatoms. The van der Waals surface area contributed by atoms with Gasteiger partial charge in [0.05, 0.1) is 0 Å². The number of hydrogen-bond acceptors (Lipinski definition) is 1. The SMILES string of the molecule is CC[C@H]1CCN(C(=O)C(C)C)C1. The van der Waals surface area contributed by atoms with Gasteiger partial charge in [-0.2, -0.15) is 0 Å². The summed E-state index contributed by atoms with van der Waals surface area (Å²) in [5.41, 5.74) is 0. The van der Waals surface area contributed by atoms with Crippen molar-refractivity contribution in [1.82, 2.24) is 4.90 Å². The van der Waals surface area contributed by atoms with E-state index in [0.29, 0.717) is 5.91 Å². The Morgan fingerprint density at radius 2 is 2.25 bits per heavy atom. The van der Waals surface area contributed by atoms with Crippen LogP contribution in [0, 0.1) is 11.8 Å². The van der Waals surface area contributed by atoms with Gasteiger partial charge in [-0.15, -0.1) is 0 Å². The number of carbonyl (C=O) groups excluding carboxylic acids is 1. The smallest absolute Gasteiger partial charge is 0.225 e. The summed E-state index contributed by atoms with van der Waals surface area (Å²) in [7, 11) is 0. The maximum Gasteiger partial charge on any atom is 0.225 e. The molecule has 1 fully saturated rings. The van der Waals surface area contributed by atoms with Crippen LogP contribution in [0.15, 0.2) is 0 Å². The van der Waals surface area contributed by atoms with Crippen LogP contribution in [0.1, 0.15) is 33.6 Å². The Kier molecular flexibility index (Phi) is 3.12. The van der Waals surface area contributed by atoms with Crippen LogP contribution in [-0.2, 0) is 4.79 Å².